The Morgan fingerprint density at radius 1 is 1.20 bits per heavy atom. The molecule has 0 spiro atoms. The molecule has 1 rings (SSSR count). The summed E-state index contributed by atoms with van der Waals surface area (Å²) in [6.07, 6.45) is 0. The van der Waals surface area contributed by atoms with Crippen molar-refractivity contribution >= 4 is 40.1 Å². The van der Waals surface area contributed by atoms with E-state index in [-0.39, 0.29) is 0 Å². The summed E-state index contributed by atoms with van der Waals surface area (Å²) in [5.74, 6) is -0.891. The summed E-state index contributed by atoms with van der Waals surface area (Å²) in [5, 5.41) is 9.13. The second-order valence-electron chi connectivity index (χ2n) is 3.02. The number of aromatic nitrogens is 1. The number of hydrogen-bond acceptors (Lipinski definition) is 1. The van der Waals surface area contributed by atoms with Gasteiger partial charge in [0.05, 0.1) is 0 Å². The molecular formula is C6H4Cl3Hg3NO2. The Bertz CT molecular complexity index is 395. The van der Waals surface area contributed by atoms with Gasteiger partial charge in [-0.05, 0) is 0 Å². The summed E-state index contributed by atoms with van der Waals surface area (Å²) in [7, 11) is 19.9. The Morgan fingerprint density at radius 2 is 1.73 bits per heavy atom. The molecule has 0 aromatic carbocycles. The van der Waals surface area contributed by atoms with Crippen molar-refractivity contribution in [3.8, 4) is 0 Å². The molecule has 0 aliphatic heterocycles. The van der Waals surface area contributed by atoms with Gasteiger partial charge in [0.25, 0.3) is 0 Å². The number of halogens is 3. The minimum atomic E-state index is -1.74. The van der Waals surface area contributed by atoms with Gasteiger partial charge in [0.15, 0.2) is 0 Å². The Balaban J connectivity index is 3.51. The van der Waals surface area contributed by atoms with Crippen LogP contribution in [0.25, 0.3) is 0 Å². The Labute approximate surface area is 134 Å². The van der Waals surface area contributed by atoms with Crippen LogP contribution < -0.4 is 9.35 Å². The first-order valence-corrected chi connectivity index (χ1v) is 32.7. The molecule has 0 radical (unpaired) electrons. The number of carbonyl (C=O) groups is 1. The molecule has 0 unspecified atom stereocenters. The molecule has 0 amide bonds. The number of hydrogen-bond donors (Lipinski definition) is 1. The van der Waals surface area contributed by atoms with E-state index in [9.17, 15) is 4.79 Å². The van der Waals surface area contributed by atoms with Crippen LogP contribution in [0.2, 0.25) is 0 Å². The van der Waals surface area contributed by atoms with Crippen LogP contribution in [0.3, 0.4) is 0 Å². The normalized spacial score (nSPS) is 9.07. The second-order valence-corrected chi connectivity index (χ2v) is 21.3. The fraction of sp³-hybridized carbons (Fsp3) is 0.167. The molecule has 9 heteroatoms. The molecule has 1 aromatic heterocycles. The first kappa shape index (κ1) is 15.5. The van der Waals surface area contributed by atoms with E-state index >= 15 is 0 Å². The minimum absolute atomic E-state index is 0.373. The number of nitrogens with zero attached hydrogens (tertiary/aromatic N) is 1. The van der Waals surface area contributed by atoms with Gasteiger partial charge < -0.3 is 0 Å². The third-order valence-corrected chi connectivity index (χ3v) is 37.1. The molecule has 0 atom stereocenters. The van der Waals surface area contributed by atoms with Crippen molar-refractivity contribution in [3.63, 3.8) is 0 Å². The Morgan fingerprint density at radius 3 is 2.07 bits per heavy atom. The van der Waals surface area contributed by atoms with Gasteiger partial charge in [0, 0.05) is 0 Å². The molecule has 0 aliphatic carbocycles. The van der Waals surface area contributed by atoms with Gasteiger partial charge in [0.1, 0.15) is 0 Å². The molecule has 3 nitrogen and oxygen atoms in total. The van der Waals surface area contributed by atoms with E-state index in [0.717, 1.165) is 9.35 Å². The maximum absolute atomic E-state index is 11.1. The van der Waals surface area contributed by atoms with Crippen molar-refractivity contribution in [2.45, 2.75) is 0 Å². The van der Waals surface area contributed by atoms with Crippen LogP contribution in [-0.2, 0) is 77.1 Å². The molecule has 1 aromatic rings. The van der Waals surface area contributed by atoms with Crippen molar-refractivity contribution in [1.82, 2.24) is 4.57 Å². The van der Waals surface area contributed by atoms with Crippen LogP contribution in [0.5, 0.6) is 0 Å². The topological polar surface area (TPSA) is 42.2 Å². The molecule has 0 saturated carbocycles. The molecule has 0 aliphatic rings. The van der Waals surface area contributed by atoms with Gasteiger partial charge in [0.2, 0.25) is 0 Å². The third-order valence-electron chi connectivity index (χ3n) is 2.34. The van der Waals surface area contributed by atoms with Crippen LogP contribution in [0, 0.1) is 0 Å². The molecule has 1 heterocycles. The van der Waals surface area contributed by atoms with Crippen LogP contribution in [0.4, 0.5) is 0 Å². The summed E-state index contributed by atoms with van der Waals surface area (Å²) in [6.45, 7) is 0. The molecule has 72 valence electrons. The first-order valence-electron chi connectivity index (χ1n) is 4.18. The fourth-order valence-electron chi connectivity index (χ4n) is 1.60. The maximum atomic E-state index is 11.1. The molecule has 0 fully saturated rings. The van der Waals surface area contributed by atoms with Crippen LogP contribution in [0.1, 0.15) is 10.5 Å². The summed E-state index contributed by atoms with van der Waals surface area (Å²) in [6, 6.07) is 0. The van der Waals surface area contributed by atoms with E-state index in [4.69, 9.17) is 29.9 Å². The van der Waals surface area contributed by atoms with Crippen LogP contribution in [0.15, 0.2) is 0 Å². The Hall–Kier alpha value is 2.43. The standard InChI is InChI=1S/C6H4NO2.3ClH.3Hg/c1-7-4-2-3-5(7)6(8)9;;;;;;/h1H3,(H,8,9);3*1H;;;/q;;;;3*+1/p-3. The zero-order valence-corrected chi connectivity index (χ0v) is 26.8. The van der Waals surface area contributed by atoms with E-state index in [1.807, 2.05) is 0 Å². The van der Waals surface area contributed by atoms with E-state index in [1.54, 1.807) is 11.6 Å². The molecule has 15 heavy (non-hydrogen) atoms. The van der Waals surface area contributed by atoms with Crippen molar-refractivity contribution in [1.29, 1.82) is 0 Å². The quantitative estimate of drug-likeness (QED) is 0.445. The average molecular weight is 830 g/mol. The van der Waals surface area contributed by atoms with Gasteiger partial charge in [-0.2, -0.15) is 0 Å². The molecular weight excluding hydrogens is 826 g/mol. The summed E-state index contributed by atoms with van der Waals surface area (Å²) >= 11 is -4.99. The van der Waals surface area contributed by atoms with Crippen molar-refractivity contribution in [2.75, 3.05) is 0 Å². The molecule has 0 bridgehead atoms. The van der Waals surface area contributed by atoms with Crippen molar-refractivity contribution in [3.05, 3.63) is 5.69 Å². The SMILES string of the molecule is Cn1[c]([Hg][Cl])[c]([Hg][Cl])[c]([Hg][Cl])c1C(=O)O. The predicted molar refractivity (Wildman–Crippen MR) is 48.8 cm³/mol. The number of aromatic carboxylic acids is 1. The van der Waals surface area contributed by atoms with E-state index < -0.39 is 76.0 Å². The summed E-state index contributed by atoms with van der Waals surface area (Å²) in [5.41, 5.74) is 0.373. The van der Waals surface area contributed by atoms with E-state index in [0.29, 0.717) is 5.69 Å². The zero-order valence-electron chi connectivity index (χ0n) is 8.06. The fourth-order valence-corrected chi connectivity index (χ4v) is 61.3. The van der Waals surface area contributed by atoms with Crippen molar-refractivity contribution in [2.24, 2.45) is 7.05 Å². The van der Waals surface area contributed by atoms with Gasteiger partial charge in [-0.1, -0.05) is 0 Å². The van der Waals surface area contributed by atoms with E-state index in [2.05, 4.69) is 0 Å². The van der Waals surface area contributed by atoms with Crippen LogP contribution >= 0.6 is 24.7 Å². The van der Waals surface area contributed by atoms with Crippen molar-refractivity contribution < 1.29 is 79.9 Å². The second kappa shape index (κ2) is 7.12. The zero-order chi connectivity index (χ0) is 11.6. The summed E-state index contributed by atoms with van der Waals surface area (Å²) in [4.78, 5) is 11.1. The Kier molecular flexibility index (Phi) is 7.35. The predicted octanol–water partition coefficient (Wildman–Crippen LogP) is 0.308. The van der Waals surface area contributed by atoms with Crippen LogP contribution in [-0.4, -0.2) is 15.6 Å². The average Bonchev–Trinajstić information content (AvgIpc) is 2.49. The molecule has 0 saturated heterocycles. The van der Waals surface area contributed by atoms with Gasteiger partial charge >= 0.3 is 137 Å². The third kappa shape index (κ3) is 3.25. The van der Waals surface area contributed by atoms with E-state index in [1.165, 1.54) is 0 Å². The first-order chi connectivity index (χ1) is 7.08. The van der Waals surface area contributed by atoms with Gasteiger partial charge in [-0.15, -0.1) is 0 Å². The summed E-state index contributed by atoms with van der Waals surface area (Å²) < 4.78 is 4.90. The van der Waals surface area contributed by atoms with Gasteiger partial charge in [-0.25, -0.2) is 0 Å². The monoisotopic (exact) mass is 833 g/mol. The number of carboxylic acid groups (broad SMARTS) is 1. The number of rotatable bonds is 4. The van der Waals surface area contributed by atoms with Gasteiger partial charge in [-0.3, -0.25) is 0 Å². The number of carboxylic acids is 1. The molecule has 1 N–H and O–H groups in total.